The highest BCUT2D eigenvalue weighted by Crippen LogP contribution is 2.47. The number of carbonyl (C=O) groups excluding carboxylic acids is 1. The van der Waals surface area contributed by atoms with E-state index < -0.39 is 11.4 Å². The second-order valence-electron chi connectivity index (χ2n) is 8.47. The van der Waals surface area contributed by atoms with Crippen molar-refractivity contribution in [1.82, 2.24) is 25.1 Å². The molecular formula is C19H22FN9O. The van der Waals surface area contributed by atoms with Gasteiger partial charge in [0.2, 0.25) is 11.9 Å². The molecule has 0 aromatic carbocycles. The van der Waals surface area contributed by atoms with Gasteiger partial charge in [-0.1, -0.05) is 0 Å². The van der Waals surface area contributed by atoms with Crippen LogP contribution in [0.2, 0.25) is 0 Å². The molecule has 2 aliphatic carbocycles. The van der Waals surface area contributed by atoms with Crippen LogP contribution in [0.5, 0.6) is 0 Å². The molecule has 0 unspecified atom stereocenters. The molecular weight excluding hydrogens is 389 g/mol. The molecule has 4 N–H and O–H groups in total. The number of fused-ring (bicyclic) bond motifs is 1. The van der Waals surface area contributed by atoms with Crippen LogP contribution in [-0.4, -0.2) is 50.3 Å². The van der Waals surface area contributed by atoms with Crippen molar-refractivity contribution in [3.8, 4) is 6.07 Å². The Kier molecular flexibility index (Phi) is 4.14. The molecule has 156 valence electrons. The number of anilines is 3. The van der Waals surface area contributed by atoms with E-state index in [-0.39, 0.29) is 41.5 Å². The van der Waals surface area contributed by atoms with E-state index in [0.717, 1.165) is 6.20 Å². The molecule has 1 amide bonds. The monoisotopic (exact) mass is 411 g/mol. The van der Waals surface area contributed by atoms with E-state index in [1.165, 1.54) is 0 Å². The lowest BCUT2D eigenvalue weighted by Gasteiger charge is -2.49. The smallest absolute Gasteiger partial charge is 0.229 e. The van der Waals surface area contributed by atoms with E-state index in [1.807, 2.05) is 4.90 Å². The van der Waals surface area contributed by atoms with Gasteiger partial charge in [-0.3, -0.25) is 9.48 Å². The molecule has 2 saturated carbocycles. The zero-order chi connectivity index (χ0) is 21.0. The van der Waals surface area contributed by atoms with E-state index in [4.69, 9.17) is 11.0 Å². The summed E-state index contributed by atoms with van der Waals surface area (Å²) in [6, 6.07) is 2.07. The summed E-state index contributed by atoms with van der Waals surface area (Å²) in [5.74, 6) is -0.653. The van der Waals surface area contributed by atoms with E-state index in [1.54, 1.807) is 24.1 Å². The zero-order valence-corrected chi connectivity index (χ0v) is 16.4. The first-order valence-electron chi connectivity index (χ1n) is 9.89. The van der Waals surface area contributed by atoms with Gasteiger partial charge in [0.25, 0.3) is 0 Å². The second-order valence-corrected chi connectivity index (χ2v) is 8.47. The van der Waals surface area contributed by atoms with Crippen LogP contribution in [0.1, 0.15) is 12.8 Å². The van der Waals surface area contributed by atoms with Crippen molar-refractivity contribution < 1.29 is 9.18 Å². The van der Waals surface area contributed by atoms with E-state index in [9.17, 15) is 9.18 Å². The lowest BCUT2D eigenvalue weighted by atomic mass is 9.65. The highest BCUT2D eigenvalue weighted by Gasteiger charge is 2.60. The Labute approximate surface area is 172 Å². The van der Waals surface area contributed by atoms with Crippen LogP contribution in [0.4, 0.5) is 21.8 Å². The van der Waals surface area contributed by atoms with E-state index in [0.29, 0.717) is 31.6 Å². The molecule has 2 aromatic rings. The SMILES string of the molecule is Cn1cc(Nc2ncc(F)c(N3C[C@H]4[C@@H](N)C[C@@]4(NC(=O)[C@@H]4C[C@H]4C#N)C3)n2)cn1. The number of aryl methyl sites for hydroxylation is 1. The second kappa shape index (κ2) is 6.63. The van der Waals surface area contributed by atoms with Crippen molar-refractivity contribution in [2.24, 2.45) is 30.5 Å². The van der Waals surface area contributed by atoms with Crippen molar-refractivity contribution in [2.75, 3.05) is 23.3 Å². The highest BCUT2D eigenvalue weighted by atomic mass is 19.1. The Morgan fingerprint density at radius 3 is 2.97 bits per heavy atom. The number of hydrogen-bond donors (Lipinski definition) is 3. The summed E-state index contributed by atoms with van der Waals surface area (Å²) in [6.07, 6.45) is 5.74. The predicted molar refractivity (Wildman–Crippen MR) is 105 cm³/mol. The number of nitriles is 1. The molecule has 5 rings (SSSR count). The Morgan fingerprint density at radius 1 is 1.47 bits per heavy atom. The Hall–Kier alpha value is -3.26. The van der Waals surface area contributed by atoms with Crippen LogP contribution in [0.3, 0.4) is 0 Å². The lowest BCUT2D eigenvalue weighted by molar-refractivity contribution is -0.126. The van der Waals surface area contributed by atoms with Gasteiger partial charge in [0.1, 0.15) is 0 Å². The Balaban J connectivity index is 1.34. The fourth-order valence-electron chi connectivity index (χ4n) is 4.66. The first-order chi connectivity index (χ1) is 14.4. The van der Waals surface area contributed by atoms with Gasteiger partial charge in [0, 0.05) is 38.3 Å². The van der Waals surface area contributed by atoms with Crippen LogP contribution in [0, 0.1) is 34.9 Å². The number of carbonyl (C=O) groups is 1. The van der Waals surface area contributed by atoms with Gasteiger partial charge in [0.05, 0.1) is 41.5 Å². The number of nitrogens with two attached hydrogens (primary N) is 1. The summed E-state index contributed by atoms with van der Waals surface area (Å²) in [5.41, 5.74) is 6.39. The normalized spacial score (nSPS) is 31.5. The van der Waals surface area contributed by atoms with Crippen molar-refractivity contribution in [3.05, 3.63) is 24.4 Å². The minimum atomic E-state index is -0.533. The summed E-state index contributed by atoms with van der Waals surface area (Å²) in [6.45, 7) is 0.912. The summed E-state index contributed by atoms with van der Waals surface area (Å²) in [4.78, 5) is 22.7. The first kappa shape index (κ1) is 18.7. The van der Waals surface area contributed by atoms with Crippen molar-refractivity contribution >= 4 is 23.4 Å². The summed E-state index contributed by atoms with van der Waals surface area (Å²) < 4.78 is 16.2. The fourth-order valence-corrected chi connectivity index (χ4v) is 4.66. The zero-order valence-electron chi connectivity index (χ0n) is 16.4. The minimum absolute atomic E-state index is 0.00448. The Bertz CT molecular complexity index is 1050. The maximum atomic E-state index is 14.6. The highest BCUT2D eigenvalue weighted by molar-refractivity contribution is 5.83. The molecule has 0 bridgehead atoms. The van der Waals surface area contributed by atoms with Gasteiger partial charge < -0.3 is 21.3 Å². The lowest BCUT2D eigenvalue weighted by Crippen LogP contribution is -2.69. The molecule has 5 atom stereocenters. The van der Waals surface area contributed by atoms with Crippen LogP contribution in [-0.2, 0) is 11.8 Å². The molecule has 11 heteroatoms. The number of aromatic nitrogens is 4. The van der Waals surface area contributed by atoms with Crippen LogP contribution in [0.25, 0.3) is 0 Å². The van der Waals surface area contributed by atoms with E-state index in [2.05, 4.69) is 31.8 Å². The fraction of sp³-hybridized carbons (Fsp3) is 0.526. The van der Waals surface area contributed by atoms with Crippen molar-refractivity contribution in [1.29, 1.82) is 5.26 Å². The third-order valence-corrected chi connectivity index (χ3v) is 6.37. The first-order valence-corrected chi connectivity index (χ1v) is 9.89. The maximum absolute atomic E-state index is 14.6. The standard InChI is InChI=1S/C19H22FN9O/c1-28-7-11(5-24-28)25-18-23-6-14(20)16(26-18)29-8-13-15(22)3-19(13,9-29)27-17(30)12-2-10(12)4-21/h5-7,10,12-13,15H,2-3,8-9,22H2,1H3,(H,27,30)(H,23,25,26)/t10-,12+,13-,15-,19+/m0/s1. The third-order valence-electron chi connectivity index (χ3n) is 6.37. The summed E-state index contributed by atoms with van der Waals surface area (Å²) >= 11 is 0. The van der Waals surface area contributed by atoms with Crippen LogP contribution in [0.15, 0.2) is 18.6 Å². The molecule has 3 aliphatic rings. The largest absolute Gasteiger partial charge is 0.351 e. The molecule has 3 fully saturated rings. The average molecular weight is 411 g/mol. The summed E-state index contributed by atoms with van der Waals surface area (Å²) in [7, 11) is 1.79. The van der Waals surface area contributed by atoms with Gasteiger partial charge in [-0.05, 0) is 12.8 Å². The summed E-state index contributed by atoms with van der Waals surface area (Å²) in [5, 5.41) is 19.2. The molecule has 0 spiro atoms. The molecule has 1 aliphatic heterocycles. The number of nitrogens with one attached hydrogen (secondary N) is 2. The number of nitrogens with zero attached hydrogens (tertiary/aromatic N) is 6. The quantitative estimate of drug-likeness (QED) is 0.638. The number of amides is 1. The third kappa shape index (κ3) is 3.04. The topological polar surface area (TPSA) is 138 Å². The molecule has 1 saturated heterocycles. The van der Waals surface area contributed by atoms with Gasteiger partial charge in [0.15, 0.2) is 11.6 Å². The predicted octanol–water partition coefficient (Wildman–Crippen LogP) is 0.275. The van der Waals surface area contributed by atoms with Gasteiger partial charge in [-0.25, -0.2) is 9.37 Å². The molecule has 3 heterocycles. The van der Waals surface area contributed by atoms with E-state index >= 15 is 0 Å². The molecule has 0 radical (unpaired) electrons. The Morgan fingerprint density at radius 2 is 2.30 bits per heavy atom. The number of rotatable bonds is 5. The number of hydrogen-bond acceptors (Lipinski definition) is 8. The molecule has 30 heavy (non-hydrogen) atoms. The van der Waals surface area contributed by atoms with Gasteiger partial charge in [-0.2, -0.15) is 15.3 Å². The number of halogens is 1. The molecule has 10 nitrogen and oxygen atoms in total. The van der Waals surface area contributed by atoms with Gasteiger partial charge in [-0.15, -0.1) is 0 Å². The molecule has 2 aromatic heterocycles. The van der Waals surface area contributed by atoms with Crippen LogP contribution < -0.4 is 21.3 Å². The average Bonchev–Trinajstić information content (AvgIpc) is 3.31. The van der Waals surface area contributed by atoms with Crippen LogP contribution >= 0.6 is 0 Å². The van der Waals surface area contributed by atoms with Gasteiger partial charge >= 0.3 is 0 Å². The minimum Gasteiger partial charge on any atom is -0.351 e. The van der Waals surface area contributed by atoms with Crippen molar-refractivity contribution in [2.45, 2.75) is 24.4 Å². The maximum Gasteiger partial charge on any atom is 0.229 e. The van der Waals surface area contributed by atoms with Crippen molar-refractivity contribution in [3.63, 3.8) is 0 Å².